The summed E-state index contributed by atoms with van der Waals surface area (Å²) in [5.74, 6) is 0.957. The van der Waals surface area contributed by atoms with Gasteiger partial charge in [0.25, 0.3) is 0 Å². The van der Waals surface area contributed by atoms with Crippen molar-refractivity contribution in [3.05, 3.63) is 51.4 Å². The van der Waals surface area contributed by atoms with Gasteiger partial charge in [-0.05, 0) is 59.6 Å². The number of aromatic nitrogens is 1. The number of alkyl halides is 1. The number of hydrogen-bond acceptors (Lipinski definition) is 2. The van der Waals surface area contributed by atoms with Crippen LogP contribution in [-0.4, -0.2) is 4.98 Å². The SMILES string of the molecule is Cc1cc(C)c(CCl)c(Oc2ccc(F)c(Br)c2)n1. The molecule has 0 aliphatic heterocycles. The number of benzene rings is 1. The van der Waals surface area contributed by atoms with Gasteiger partial charge in [0.1, 0.15) is 11.6 Å². The molecule has 0 saturated heterocycles. The number of nitrogens with zero attached hydrogens (tertiary/aromatic N) is 1. The highest BCUT2D eigenvalue weighted by Crippen LogP contribution is 2.30. The van der Waals surface area contributed by atoms with Gasteiger partial charge >= 0.3 is 0 Å². The Morgan fingerprint density at radius 3 is 2.68 bits per heavy atom. The molecule has 0 unspecified atom stereocenters. The maximum absolute atomic E-state index is 13.2. The maximum Gasteiger partial charge on any atom is 0.224 e. The summed E-state index contributed by atoms with van der Waals surface area (Å²) in [5.41, 5.74) is 2.72. The van der Waals surface area contributed by atoms with Gasteiger partial charge in [-0.15, -0.1) is 11.6 Å². The van der Waals surface area contributed by atoms with E-state index in [1.54, 1.807) is 12.1 Å². The quantitative estimate of drug-likeness (QED) is 0.720. The van der Waals surface area contributed by atoms with Gasteiger partial charge in [0.2, 0.25) is 5.88 Å². The van der Waals surface area contributed by atoms with Crippen LogP contribution in [0.15, 0.2) is 28.7 Å². The van der Waals surface area contributed by atoms with E-state index >= 15 is 0 Å². The molecule has 0 aliphatic carbocycles. The van der Waals surface area contributed by atoms with Crippen molar-refractivity contribution in [2.75, 3.05) is 0 Å². The minimum absolute atomic E-state index is 0.316. The Kier molecular flexibility index (Phi) is 4.42. The molecule has 2 nitrogen and oxygen atoms in total. The summed E-state index contributed by atoms with van der Waals surface area (Å²) in [6, 6.07) is 6.40. The van der Waals surface area contributed by atoms with E-state index in [9.17, 15) is 4.39 Å². The van der Waals surface area contributed by atoms with E-state index in [0.29, 0.717) is 22.0 Å². The van der Waals surface area contributed by atoms with E-state index in [0.717, 1.165) is 16.8 Å². The molecule has 2 aromatic rings. The van der Waals surface area contributed by atoms with E-state index in [4.69, 9.17) is 16.3 Å². The van der Waals surface area contributed by atoms with E-state index < -0.39 is 0 Å². The van der Waals surface area contributed by atoms with Crippen molar-refractivity contribution in [3.63, 3.8) is 0 Å². The first-order valence-electron chi connectivity index (χ1n) is 5.67. The van der Waals surface area contributed by atoms with Gasteiger partial charge in [-0.1, -0.05) is 0 Å². The molecule has 0 spiro atoms. The van der Waals surface area contributed by atoms with Gasteiger partial charge in [0.15, 0.2) is 0 Å². The third-order valence-electron chi connectivity index (χ3n) is 2.68. The molecule has 0 radical (unpaired) electrons. The summed E-state index contributed by atoms with van der Waals surface area (Å²) in [6.07, 6.45) is 0. The first-order valence-corrected chi connectivity index (χ1v) is 7.00. The molecular formula is C14H12BrClFNO. The lowest BCUT2D eigenvalue weighted by Crippen LogP contribution is -1.98. The van der Waals surface area contributed by atoms with E-state index in [-0.39, 0.29) is 5.82 Å². The lowest BCUT2D eigenvalue weighted by Gasteiger charge is -2.12. The Morgan fingerprint density at radius 1 is 1.32 bits per heavy atom. The van der Waals surface area contributed by atoms with Crippen molar-refractivity contribution in [2.45, 2.75) is 19.7 Å². The van der Waals surface area contributed by atoms with Crippen LogP contribution in [0.25, 0.3) is 0 Å². The molecule has 0 fully saturated rings. The third kappa shape index (κ3) is 3.25. The molecule has 0 N–H and O–H groups in total. The Bertz CT molecular complexity index is 619. The van der Waals surface area contributed by atoms with Crippen LogP contribution in [0, 0.1) is 19.7 Å². The predicted molar refractivity (Wildman–Crippen MR) is 77.4 cm³/mol. The van der Waals surface area contributed by atoms with Crippen molar-refractivity contribution in [2.24, 2.45) is 0 Å². The van der Waals surface area contributed by atoms with Crippen LogP contribution in [0.3, 0.4) is 0 Å². The fraction of sp³-hybridized carbons (Fsp3) is 0.214. The summed E-state index contributed by atoms with van der Waals surface area (Å²) in [4.78, 5) is 4.34. The monoisotopic (exact) mass is 343 g/mol. The molecule has 0 aliphatic rings. The van der Waals surface area contributed by atoms with Gasteiger partial charge in [0, 0.05) is 11.3 Å². The molecular weight excluding hydrogens is 333 g/mol. The van der Waals surface area contributed by atoms with Crippen LogP contribution in [0.2, 0.25) is 0 Å². The highest BCUT2D eigenvalue weighted by molar-refractivity contribution is 9.10. The van der Waals surface area contributed by atoms with E-state index in [2.05, 4.69) is 20.9 Å². The predicted octanol–water partition coefficient (Wildman–Crippen LogP) is 5.13. The van der Waals surface area contributed by atoms with Crippen LogP contribution in [0.1, 0.15) is 16.8 Å². The Balaban J connectivity index is 2.39. The molecule has 100 valence electrons. The molecule has 1 aromatic carbocycles. The van der Waals surface area contributed by atoms with Crippen LogP contribution in [-0.2, 0) is 5.88 Å². The van der Waals surface area contributed by atoms with Crippen molar-refractivity contribution in [3.8, 4) is 11.6 Å². The standard InChI is InChI=1S/C14H12BrClFNO/c1-8-5-9(2)18-14(11(8)7-16)19-10-3-4-13(17)12(15)6-10/h3-6H,7H2,1-2H3. The molecule has 0 amide bonds. The molecule has 0 atom stereocenters. The number of pyridine rings is 1. The van der Waals surface area contributed by atoms with Crippen LogP contribution in [0.4, 0.5) is 4.39 Å². The minimum Gasteiger partial charge on any atom is -0.439 e. The summed E-state index contributed by atoms with van der Waals surface area (Å²) in [5, 5.41) is 0. The van der Waals surface area contributed by atoms with Crippen molar-refractivity contribution >= 4 is 27.5 Å². The number of hydrogen-bond donors (Lipinski definition) is 0. The van der Waals surface area contributed by atoms with Gasteiger partial charge < -0.3 is 4.74 Å². The maximum atomic E-state index is 13.2. The molecule has 1 aromatic heterocycles. The van der Waals surface area contributed by atoms with E-state index in [1.165, 1.54) is 6.07 Å². The topological polar surface area (TPSA) is 22.1 Å². The lowest BCUT2D eigenvalue weighted by molar-refractivity contribution is 0.454. The fourth-order valence-electron chi connectivity index (χ4n) is 1.73. The van der Waals surface area contributed by atoms with Crippen molar-refractivity contribution in [1.82, 2.24) is 4.98 Å². The molecule has 0 bridgehead atoms. The van der Waals surface area contributed by atoms with Gasteiger partial charge in [-0.25, -0.2) is 9.37 Å². The summed E-state index contributed by atoms with van der Waals surface area (Å²) in [7, 11) is 0. The Hall–Kier alpha value is -1.13. The number of rotatable bonds is 3. The number of ether oxygens (including phenoxy) is 1. The summed E-state index contributed by atoms with van der Waals surface area (Å²) < 4.78 is 19.2. The Labute approximate surface area is 124 Å². The first kappa shape index (κ1) is 14.3. The molecule has 0 saturated carbocycles. The normalized spacial score (nSPS) is 10.6. The second-order valence-corrected chi connectivity index (χ2v) is 5.30. The zero-order valence-electron chi connectivity index (χ0n) is 10.5. The first-order chi connectivity index (χ1) is 9.01. The minimum atomic E-state index is -0.335. The van der Waals surface area contributed by atoms with Crippen LogP contribution in [0.5, 0.6) is 11.6 Å². The Morgan fingerprint density at radius 2 is 2.05 bits per heavy atom. The highest BCUT2D eigenvalue weighted by Gasteiger charge is 2.11. The number of halogens is 3. The number of aryl methyl sites for hydroxylation is 2. The molecule has 1 heterocycles. The average molecular weight is 345 g/mol. The van der Waals surface area contributed by atoms with Crippen LogP contribution < -0.4 is 4.74 Å². The molecule has 19 heavy (non-hydrogen) atoms. The summed E-state index contributed by atoms with van der Waals surface area (Å²) in [6.45, 7) is 3.85. The van der Waals surface area contributed by atoms with Gasteiger partial charge in [0.05, 0.1) is 10.4 Å². The second kappa shape index (κ2) is 5.88. The lowest BCUT2D eigenvalue weighted by atomic mass is 10.1. The third-order valence-corrected chi connectivity index (χ3v) is 3.55. The smallest absolute Gasteiger partial charge is 0.224 e. The average Bonchev–Trinajstić information content (AvgIpc) is 2.33. The van der Waals surface area contributed by atoms with Crippen molar-refractivity contribution < 1.29 is 9.13 Å². The fourth-order valence-corrected chi connectivity index (χ4v) is 2.41. The van der Waals surface area contributed by atoms with Crippen LogP contribution >= 0.6 is 27.5 Å². The van der Waals surface area contributed by atoms with Gasteiger partial charge in [-0.2, -0.15) is 0 Å². The van der Waals surface area contributed by atoms with Crippen molar-refractivity contribution in [1.29, 1.82) is 0 Å². The molecule has 5 heteroatoms. The van der Waals surface area contributed by atoms with E-state index in [1.807, 2.05) is 19.9 Å². The summed E-state index contributed by atoms with van der Waals surface area (Å²) >= 11 is 9.05. The zero-order valence-corrected chi connectivity index (χ0v) is 12.8. The second-order valence-electron chi connectivity index (χ2n) is 4.18. The largest absolute Gasteiger partial charge is 0.439 e. The zero-order chi connectivity index (χ0) is 14.0. The van der Waals surface area contributed by atoms with Gasteiger partial charge in [-0.3, -0.25) is 0 Å². The highest BCUT2D eigenvalue weighted by atomic mass is 79.9. The molecule has 2 rings (SSSR count).